The highest BCUT2D eigenvalue weighted by Crippen LogP contribution is 2.21. The first-order chi connectivity index (χ1) is 8.06. The Morgan fingerprint density at radius 3 is 2.82 bits per heavy atom. The number of nitrogen functional groups attached to an aromatic ring is 2. The zero-order valence-electron chi connectivity index (χ0n) is 10.5. The van der Waals surface area contributed by atoms with Crippen molar-refractivity contribution in [2.75, 3.05) is 30.4 Å². The number of hydrogen-bond donors (Lipinski definition) is 3. The van der Waals surface area contributed by atoms with Crippen LogP contribution in [0.25, 0.3) is 0 Å². The molecule has 0 bridgehead atoms. The van der Waals surface area contributed by atoms with Crippen molar-refractivity contribution >= 4 is 17.3 Å². The van der Waals surface area contributed by atoms with Gasteiger partial charge in [-0.1, -0.05) is 0 Å². The van der Waals surface area contributed by atoms with E-state index in [9.17, 15) is 0 Å². The van der Waals surface area contributed by atoms with Crippen molar-refractivity contribution in [3.8, 4) is 0 Å². The van der Waals surface area contributed by atoms with Crippen molar-refractivity contribution in [1.29, 1.82) is 0 Å². The van der Waals surface area contributed by atoms with Crippen molar-refractivity contribution in [2.24, 2.45) is 0 Å². The third-order valence-corrected chi connectivity index (χ3v) is 3.52. The molecule has 17 heavy (non-hydrogen) atoms. The molecule has 5 heteroatoms. The Balaban J connectivity index is 1.99. The first-order valence-corrected chi connectivity index (χ1v) is 6.05. The van der Waals surface area contributed by atoms with Crippen LogP contribution in [0.2, 0.25) is 0 Å². The van der Waals surface area contributed by atoms with Gasteiger partial charge >= 0.3 is 0 Å². The Bertz CT molecular complexity index is 392. The number of piperidine rings is 1. The summed E-state index contributed by atoms with van der Waals surface area (Å²) in [6.45, 7) is 3.36. The highest BCUT2D eigenvalue weighted by molar-refractivity contribution is 5.61. The SMILES string of the molecule is CC1CC(Nc2ccc(N)c(N)n2)CCN1C. The minimum atomic E-state index is 0.399. The van der Waals surface area contributed by atoms with E-state index < -0.39 is 0 Å². The summed E-state index contributed by atoms with van der Waals surface area (Å²) in [5.74, 6) is 1.22. The first-order valence-electron chi connectivity index (χ1n) is 6.05. The standard InChI is InChI=1S/C12H21N5/c1-8-7-9(5-6-17(8)2)15-11-4-3-10(13)12(14)16-11/h3-4,8-9H,5-7,13H2,1-2H3,(H3,14,15,16). The number of nitrogens with one attached hydrogen (secondary N) is 1. The number of likely N-dealkylation sites (tertiary alicyclic amines) is 1. The van der Waals surface area contributed by atoms with Crippen LogP contribution in [-0.2, 0) is 0 Å². The van der Waals surface area contributed by atoms with Crippen LogP contribution in [0.1, 0.15) is 19.8 Å². The summed E-state index contributed by atoms with van der Waals surface area (Å²) in [6.07, 6.45) is 2.26. The van der Waals surface area contributed by atoms with Gasteiger partial charge < -0.3 is 21.7 Å². The van der Waals surface area contributed by atoms with Crippen molar-refractivity contribution in [3.63, 3.8) is 0 Å². The van der Waals surface area contributed by atoms with E-state index in [0.29, 0.717) is 23.6 Å². The van der Waals surface area contributed by atoms with Gasteiger partial charge in [0.15, 0.2) is 0 Å². The summed E-state index contributed by atoms with van der Waals surface area (Å²) < 4.78 is 0. The molecule has 2 unspecified atom stereocenters. The van der Waals surface area contributed by atoms with Gasteiger partial charge in [-0.25, -0.2) is 4.98 Å². The van der Waals surface area contributed by atoms with Crippen molar-refractivity contribution in [2.45, 2.75) is 31.8 Å². The molecule has 1 aliphatic rings. The van der Waals surface area contributed by atoms with Gasteiger partial charge in [-0.15, -0.1) is 0 Å². The lowest BCUT2D eigenvalue weighted by Gasteiger charge is -2.35. The lowest BCUT2D eigenvalue weighted by molar-refractivity contribution is 0.190. The summed E-state index contributed by atoms with van der Waals surface area (Å²) in [6, 6.07) is 4.75. The van der Waals surface area contributed by atoms with Gasteiger partial charge in [-0.2, -0.15) is 0 Å². The molecule has 0 aromatic carbocycles. The molecule has 1 saturated heterocycles. The Morgan fingerprint density at radius 2 is 2.18 bits per heavy atom. The van der Waals surface area contributed by atoms with Gasteiger partial charge in [-0.05, 0) is 38.9 Å². The number of nitrogens with two attached hydrogens (primary N) is 2. The van der Waals surface area contributed by atoms with Gasteiger partial charge in [-0.3, -0.25) is 0 Å². The molecule has 5 N–H and O–H groups in total. The quantitative estimate of drug-likeness (QED) is 0.716. The Labute approximate surface area is 102 Å². The van der Waals surface area contributed by atoms with E-state index in [1.807, 2.05) is 6.07 Å². The van der Waals surface area contributed by atoms with Gasteiger partial charge in [0.2, 0.25) is 0 Å². The van der Waals surface area contributed by atoms with Crippen molar-refractivity contribution in [3.05, 3.63) is 12.1 Å². The molecule has 1 aliphatic heterocycles. The number of hydrogen-bond acceptors (Lipinski definition) is 5. The van der Waals surface area contributed by atoms with Crippen LogP contribution in [0.4, 0.5) is 17.3 Å². The third-order valence-electron chi connectivity index (χ3n) is 3.52. The maximum absolute atomic E-state index is 5.69. The lowest BCUT2D eigenvalue weighted by Crippen LogP contribution is -2.42. The number of nitrogens with zero attached hydrogens (tertiary/aromatic N) is 2. The molecule has 0 radical (unpaired) electrons. The van der Waals surface area contributed by atoms with Crippen LogP contribution in [0.15, 0.2) is 12.1 Å². The lowest BCUT2D eigenvalue weighted by atomic mass is 9.99. The largest absolute Gasteiger partial charge is 0.396 e. The minimum Gasteiger partial charge on any atom is -0.396 e. The summed E-state index contributed by atoms with van der Waals surface area (Å²) in [5, 5.41) is 3.43. The maximum Gasteiger partial charge on any atom is 0.149 e. The fourth-order valence-corrected chi connectivity index (χ4v) is 2.20. The first kappa shape index (κ1) is 12.0. The van der Waals surface area contributed by atoms with Crippen LogP contribution >= 0.6 is 0 Å². The maximum atomic E-state index is 5.69. The summed E-state index contributed by atoms with van der Waals surface area (Å²) >= 11 is 0. The molecule has 1 aromatic heterocycles. The zero-order chi connectivity index (χ0) is 12.4. The summed E-state index contributed by atoms with van der Waals surface area (Å²) in [5.41, 5.74) is 11.9. The molecular weight excluding hydrogens is 214 g/mol. The monoisotopic (exact) mass is 235 g/mol. The fraction of sp³-hybridized carbons (Fsp3) is 0.583. The smallest absolute Gasteiger partial charge is 0.149 e. The topological polar surface area (TPSA) is 80.2 Å². The molecule has 2 heterocycles. The van der Waals surface area contributed by atoms with E-state index in [1.165, 1.54) is 0 Å². The Hall–Kier alpha value is -1.49. The number of aromatic nitrogens is 1. The van der Waals surface area contributed by atoms with Crippen LogP contribution in [0.5, 0.6) is 0 Å². The fourth-order valence-electron chi connectivity index (χ4n) is 2.20. The van der Waals surface area contributed by atoms with Crippen LogP contribution in [0, 0.1) is 0 Å². The molecule has 0 amide bonds. The molecule has 1 aromatic rings. The zero-order valence-corrected chi connectivity index (χ0v) is 10.5. The Kier molecular flexibility index (Phi) is 3.38. The van der Waals surface area contributed by atoms with Gasteiger partial charge in [0.05, 0.1) is 5.69 Å². The van der Waals surface area contributed by atoms with Gasteiger partial charge in [0, 0.05) is 18.6 Å². The molecule has 94 valence electrons. The molecule has 0 saturated carbocycles. The second-order valence-corrected chi connectivity index (χ2v) is 4.87. The van der Waals surface area contributed by atoms with Gasteiger partial charge in [0.25, 0.3) is 0 Å². The van der Waals surface area contributed by atoms with E-state index in [0.717, 1.165) is 25.2 Å². The molecule has 0 aliphatic carbocycles. The third kappa shape index (κ3) is 2.79. The summed E-state index contributed by atoms with van der Waals surface area (Å²) in [7, 11) is 2.17. The van der Waals surface area contributed by atoms with Crippen LogP contribution in [0.3, 0.4) is 0 Å². The average molecular weight is 235 g/mol. The number of rotatable bonds is 2. The van der Waals surface area contributed by atoms with E-state index in [-0.39, 0.29) is 0 Å². The molecule has 0 spiro atoms. The van der Waals surface area contributed by atoms with Crippen molar-refractivity contribution in [1.82, 2.24) is 9.88 Å². The second-order valence-electron chi connectivity index (χ2n) is 4.87. The highest BCUT2D eigenvalue weighted by atomic mass is 15.2. The molecule has 1 fully saturated rings. The second kappa shape index (κ2) is 4.79. The predicted molar refractivity (Wildman–Crippen MR) is 71.8 cm³/mol. The molecule has 5 nitrogen and oxygen atoms in total. The molecule has 2 rings (SSSR count). The van der Waals surface area contributed by atoms with E-state index in [1.54, 1.807) is 6.07 Å². The van der Waals surface area contributed by atoms with E-state index in [2.05, 4.69) is 29.2 Å². The van der Waals surface area contributed by atoms with Crippen LogP contribution < -0.4 is 16.8 Å². The van der Waals surface area contributed by atoms with Crippen molar-refractivity contribution < 1.29 is 0 Å². The minimum absolute atomic E-state index is 0.399. The molecular formula is C12H21N5. The van der Waals surface area contributed by atoms with Crippen LogP contribution in [-0.4, -0.2) is 35.6 Å². The molecule has 2 atom stereocenters. The van der Waals surface area contributed by atoms with Gasteiger partial charge in [0.1, 0.15) is 11.6 Å². The normalized spacial score (nSPS) is 25.8. The Morgan fingerprint density at radius 1 is 1.41 bits per heavy atom. The van der Waals surface area contributed by atoms with E-state index in [4.69, 9.17) is 11.5 Å². The number of anilines is 3. The summed E-state index contributed by atoms with van der Waals surface area (Å²) in [4.78, 5) is 6.62. The number of pyridine rings is 1. The van der Waals surface area contributed by atoms with E-state index >= 15 is 0 Å². The highest BCUT2D eigenvalue weighted by Gasteiger charge is 2.22. The average Bonchev–Trinajstić information content (AvgIpc) is 2.29. The predicted octanol–water partition coefficient (Wildman–Crippen LogP) is 1.14.